The third-order valence-corrected chi connectivity index (χ3v) is 6.25. The molecule has 0 fully saturated rings. The van der Waals surface area contributed by atoms with Crippen molar-refractivity contribution in [3.05, 3.63) is 64.5 Å². The van der Waals surface area contributed by atoms with E-state index in [4.69, 9.17) is 0 Å². The van der Waals surface area contributed by atoms with Crippen LogP contribution in [-0.4, -0.2) is 18.5 Å². The van der Waals surface area contributed by atoms with Crippen molar-refractivity contribution in [1.82, 2.24) is 9.71 Å². The highest BCUT2D eigenvalue weighted by atomic mass is 32.2. The number of sulfonamides is 1. The van der Waals surface area contributed by atoms with Crippen molar-refractivity contribution < 1.29 is 13.5 Å². The van der Waals surface area contributed by atoms with Crippen LogP contribution >= 0.6 is 11.3 Å². The van der Waals surface area contributed by atoms with Gasteiger partial charge < -0.3 is 5.11 Å². The van der Waals surface area contributed by atoms with Gasteiger partial charge in [-0.1, -0.05) is 26.0 Å². The van der Waals surface area contributed by atoms with Gasteiger partial charge in [0.2, 0.25) is 10.0 Å². The van der Waals surface area contributed by atoms with E-state index in [-0.39, 0.29) is 17.2 Å². The molecule has 5 nitrogen and oxygen atoms in total. The van der Waals surface area contributed by atoms with E-state index >= 15 is 0 Å². The summed E-state index contributed by atoms with van der Waals surface area (Å²) < 4.78 is 27.5. The number of hydrogen-bond donors (Lipinski definition) is 2. The second-order valence-electron chi connectivity index (χ2n) is 6.22. The average molecular weight is 389 g/mol. The molecule has 0 unspecified atom stereocenters. The number of phenolic OH excluding ortho intramolecular Hbond substituents is 1. The van der Waals surface area contributed by atoms with Crippen molar-refractivity contribution in [3.8, 4) is 17.0 Å². The molecule has 2 aromatic carbocycles. The first-order valence-corrected chi connectivity index (χ1v) is 10.5. The Morgan fingerprint density at radius 1 is 1.08 bits per heavy atom. The zero-order valence-corrected chi connectivity index (χ0v) is 16.1. The highest BCUT2D eigenvalue weighted by Crippen LogP contribution is 2.24. The summed E-state index contributed by atoms with van der Waals surface area (Å²) in [6.07, 6.45) is 0. The Bertz CT molecular complexity index is 976. The van der Waals surface area contributed by atoms with Gasteiger partial charge in [-0.05, 0) is 47.9 Å². The first-order valence-electron chi connectivity index (χ1n) is 8.18. The number of thiazole rings is 1. The standard InChI is InChI=1S/C19H20N2O3S2/c1-13(2)14-5-9-17(10-6-14)26(23,24)20-11-19-21-18(12-25-19)15-3-7-16(22)8-4-15/h3-10,12-13,20,22H,11H2,1-2H3. The molecule has 26 heavy (non-hydrogen) atoms. The number of hydrogen-bond acceptors (Lipinski definition) is 5. The van der Waals surface area contributed by atoms with Crippen LogP contribution in [0.5, 0.6) is 5.75 Å². The molecule has 0 amide bonds. The van der Waals surface area contributed by atoms with Crippen LogP contribution in [0.4, 0.5) is 0 Å². The Kier molecular flexibility index (Phi) is 5.41. The van der Waals surface area contributed by atoms with Crippen molar-refractivity contribution in [2.24, 2.45) is 0 Å². The van der Waals surface area contributed by atoms with E-state index in [9.17, 15) is 13.5 Å². The van der Waals surface area contributed by atoms with Gasteiger partial charge in [-0.3, -0.25) is 0 Å². The molecule has 0 aliphatic rings. The molecule has 0 saturated heterocycles. The third kappa shape index (κ3) is 4.30. The lowest BCUT2D eigenvalue weighted by Gasteiger charge is -2.08. The number of nitrogens with zero attached hydrogens (tertiary/aromatic N) is 1. The molecule has 0 aliphatic carbocycles. The SMILES string of the molecule is CC(C)c1ccc(S(=O)(=O)NCc2nc(-c3ccc(O)cc3)cs2)cc1. The predicted molar refractivity (Wildman–Crippen MR) is 104 cm³/mol. The van der Waals surface area contributed by atoms with Crippen LogP contribution < -0.4 is 4.72 Å². The predicted octanol–water partition coefficient (Wildman–Crippen LogP) is 4.12. The van der Waals surface area contributed by atoms with E-state index < -0.39 is 10.0 Å². The molecule has 0 aliphatic heterocycles. The molecule has 0 bridgehead atoms. The molecule has 0 atom stereocenters. The van der Waals surface area contributed by atoms with E-state index in [0.29, 0.717) is 10.9 Å². The molecule has 3 aromatic rings. The minimum absolute atomic E-state index is 0.136. The lowest BCUT2D eigenvalue weighted by Crippen LogP contribution is -2.23. The summed E-state index contributed by atoms with van der Waals surface area (Å²) in [7, 11) is -3.58. The molecule has 136 valence electrons. The number of rotatable bonds is 6. The molecule has 0 saturated carbocycles. The molecule has 7 heteroatoms. The molecular formula is C19H20N2O3S2. The number of aromatic nitrogens is 1. The van der Waals surface area contributed by atoms with Crippen LogP contribution in [0.25, 0.3) is 11.3 Å². The van der Waals surface area contributed by atoms with Crippen LogP contribution in [0.3, 0.4) is 0 Å². The van der Waals surface area contributed by atoms with Crippen molar-refractivity contribution in [3.63, 3.8) is 0 Å². The third-order valence-electron chi connectivity index (χ3n) is 3.99. The second kappa shape index (κ2) is 7.57. The van der Waals surface area contributed by atoms with Crippen LogP contribution in [0.2, 0.25) is 0 Å². The number of phenols is 1. The average Bonchev–Trinajstić information content (AvgIpc) is 3.10. The van der Waals surface area contributed by atoms with E-state index in [1.54, 1.807) is 36.4 Å². The van der Waals surface area contributed by atoms with E-state index in [1.807, 2.05) is 17.5 Å². The first kappa shape index (κ1) is 18.6. The molecule has 0 radical (unpaired) electrons. The van der Waals surface area contributed by atoms with Crippen LogP contribution in [0, 0.1) is 0 Å². The summed E-state index contributed by atoms with van der Waals surface area (Å²) in [5, 5.41) is 11.9. The van der Waals surface area contributed by atoms with Gasteiger partial charge in [0.05, 0.1) is 17.1 Å². The van der Waals surface area contributed by atoms with E-state index in [1.165, 1.54) is 11.3 Å². The summed E-state index contributed by atoms with van der Waals surface area (Å²) in [6.45, 7) is 4.27. The fraction of sp³-hybridized carbons (Fsp3) is 0.211. The number of benzene rings is 2. The fourth-order valence-corrected chi connectivity index (χ4v) is 4.25. The quantitative estimate of drug-likeness (QED) is 0.666. The Morgan fingerprint density at radius 3 is 2.35 bits per heavy atom. The van der Waals surface area contributed by atoms with Crippen molar-refractivity contribution in [2.45, 2.75) is 31.2 Å². The second-order valence-corrected chi connectivity index (χ2v) is 8.93. The van der Waals surface area contributed by atoms with Crippen LogP contribution in [-0.2, 0) is 16.6 Å². The van der Waals surface area contributed by atoms with E-state index in [2.05, 4.69) is 23.6 Å². The maximum Gasteiger partial charge on any atom is 0.240 e. The molecule has 0 spiro atoms. The first-order chi connectivity index (χ1) is 12.3. The number of aromatic hydroxyl groups is 1. The largest absolute Gasteiger partial charge is 0.508 e. The lowest BCUT2D eigenvalue weighted by atomic mass is 10.0. The van der Waals surface area contributed by atoms with Crippen molar-refractivity contribution in [2.75, 3.05) is 0 Å². The van der Waals surface area contributed by atoms with Gasteiger partial charge >= 0.3 is 0 Å². The van der Waals surface area contributed by atoms with Gasteiger partial charge in [0, 0.05) is 10.9 Å². The zero-order valence-electron chi connectivity index (χ0n) is 14.5. The summed E-state index contributed by atoms with van der Waals surface area (Å²) in [5.74, 6) is 0.550. The fourth-order valence-electron chi connectivity index (χ4n) is 2.43. The molecule has 2 N–H and O–H groups in total. The topological polar surface area (TPSA) is 79.3 Å². The monoisotopic (exact) mass is 388 g/mol. The van der Waals surface area contributed by atoms with Gasteiger partial charge in [0.25, 0.3) is 0 Å². The smallest absolute Gasteiger partial charge is 0.240 e. The Morgan fingerprint density at radius 2 is 1.73 bits per heavy atom. The molecule has 1 heterocycles. The summed E-state index contributed by atoms with van der Waals surface area (Å²) in [4.78, 5) is 4.70. The van der Waals surface area contributed by atoms with Gasteiger partial charge in [-0.2, -0.15) is 0 Å². The Hall–Kier alpha value is -2.22. The van der Waals surface area contributed by atoms with E-state index in [0.717, 1.165) is 16.8 Å². The molecule has 3 rings (SSSR count). The summed E-state index contributed by atoms with van der Waals surface area (Å²) in [6, 6.07) is 13.7. The van der Waals surface area contributed by atoms with Gasteiger partial charge in [-0.25, -0.2) is 18.1 Å². The Labute approximate surface area is 157 Å². The summed E-state index contributed by atoms with van der Waals surface area (Å²) >= 11 is 1.39. The van der Waals surface area contributed by atoms with Crippen molar-refractivity contribution >= 4 is 21.4 Å². The number of nitrogens with one attached hydrogen (secondary N) is 1. The molecular weight excluding hydrogens is 368 g/mol. The maximum absolute atomic E-state index is 12.4. The lowest BCUT2D eigenvalue weighted by molar-refractivity contribution is 0.475. The molecule has 1 aromatic heterocycles. The highest BCUT2D eigenvalue weighted by Gasteiger charge is 2.15. The van der Waals surface area contributed by atoms with Gasteiger partial charge in [-0.15, -0.1) is 11.3 Å². The normalized spacial score (nSPS) is 11.8. The van der Waals surface area contributed by atoms with Crippen LogP contribution in [0.15, 0.2) is 58.8 Å². The Balaban J connectivity index is 1.69. The van der Waals surface area contributed by atoms with Gasteiger partial charge in [0.15, 0.2) is 0 Å². The van der Waals surface area contributed by atoms with Crippen molar-refractivity contribution in [1.29, 1.82) is 0 Å². The van der Waals surface area contributed by atoms with Gasteiger partial charge in [0.1, 0.15) is 10.8 Å². The maximum atomic E-state index is 12.4. The van der Waals surface area contributed by atoms with Crippen LogP contribution in [0.1, 0.15) is 30.3 Å². The minimum Gasteiger partial charge on any atom is -0.508 e. The highest BCUT2D eigenvalue weighted by molar-refractivity contribution is 7.89. The zero-order chi connectivity index (χ0) is 18.7. The minimum atomic E-state index is -3.58. The summed E-state index contributed by atoms with van der Waals surface area (Å²) in [5.41, 5.74) is 2.73.